The summed E-state index contributed by atoms with van der Waals surface area (Å²) in [5.74, 6) is -0.765. The summed E-state index contributed by atoms with van der Waals surface area (Å²) >= 11 is 1.60. The van der Waals surface area contributed by atoms with Crippen molar-refractivity contribution in [2.45, 2.75) is 6.92 Å². The summed E-state index contributed by atoms with van der Waals surface area (Å²) < 4.78 is 14.2. The molecule has 5 heteroatoms. The zero-order valence-electron chi connectivity index (χ0n) is 10.7. The highest BCUT2D eigenvalue weighted by molar-refractivity contribution is 7.18. The molecular weight excluding hydrogens is 275 g/mol. The summed E-state index contributed by atoms with van der Waals surface area (Å²) in [7, 11) is 0. The smallest absolute Gasteiger partial charge is 0.255 e. The molecule has 0 bridgehead atoms. The highest BCUT2D eigenvalue weighted by Crippen LogP contribution is 2.24. The van der Waals surface area contributed by atoms with Gasteiger partial charge >= 0.3 is 0 Å². The van der Waals surface area contributed by atoms with E-state index >= 15 is 0 Å². The number of rotatable bonds is 2. The zero-order valence-corrected chi connectivity index (χ0v) is 11.5. The number of benzene rings is 2. The van der Waals surface area contributed by atoms with E-state index in [4.69, 9.17) is 0 Å². The number of hydrogen-bond donors (Lipinski definition) is 1. The first-order valence-electron chi connectivity index (χ1n) is 6.06. The molecule has 1 heterocycles. The Morgan fingerprint density at radius 2 is 2.10 bits per heavy atom. The van der Waals surface area contributed by atoms with Gasteiger partial charge in [0, 0.05) is 11.3 Å². The fraction of sp³-hybridized carbons (Fsp3) is 0.0667. The number of aryl methyl sites for hydroxylation is 1. The molecule has 20 heavy (non-hydrogen) atoms. The first kappa shape index (κ1) is 12.7. The summed E-state index contributed by atoms with van der Waals surface area (Å²) in [6.45, 7) is 1.94. The largest absolute Gasteiger partial charge is 0.322 e. The molecule has 3 rings (SSSR count). The Bertz CT molecular complexity index is 797. The number of anilines is 1. The van der Waals surface area contributed by atoms with Gasteiger partial charge in [0.1, 0.15) is 5.82 Å². The molecule has 3 aromatic rings. The van der Waals surface area contributed by atoms with Crippen LogP contribution in [0.1, 0.15) is 15.4 Å². The Balaban J connectivity index is 1.87. The Morgan fingerprint density at radius 3 is 2.90 bits per heavy atom. The number of carbonyl (C=O) groups excluding carboxylic acids is 1. The van der Waals surface area contributed by atoms with Crippen LogP contribution in [0.5, 0.6) is 0 Å². The molecule has 2 aromatic carbocycles. The van der Waals surface area contributed by atoms with E-state index in [0.29, 0.717) is 11.3 Å². The number of aromatic nitrogens is 1. The Morgan fingerprint density at radius 1 is 1.25 bits per heavy atom. The van der Waals surface area contributed by atoms with Crippen molar-refractivity contribution in [1.29, 1.82) is 0 Å². The predicted octanol–water partition coefficient (Wildman–Crippen LogP) is 4.00. The van der Waals surface area contributed by atoms with Gasteiger partial charge in [-0.3, -0.25) is 4.79 Å². The van der Waals surface area contributed by atoms with E-state index in [1.165, 1.54) is 18.2 Å². The van der Waals surface area contributed by atoms with Crippen molar-refractivity contribution < 1.29 is 9.18 Å². The molecule has 1 amide bonds. The van der Waals surface area contributed by atoms with Crippen LogP contribution in [0.3, 0.4) is 0 Å². The summed E-state index contributed by atoms with van der Waals surface area (Å²) in [5, 5.41) is 3.73. The van der Waals surface area contributed by atoms with Crippen LogP contribution in [-0.4, -0.2) is 10.9 Å². The average molecular weight is 286 g/mol. The minimum Gasteiger partial charge on any atom is -0.322 e. The lowest BCUT2D eigenvalue weighted by molar-refractivity contribution is 0.102. The van der Waals surface area contributed by atoms with E-state index in [9.17, 15) is 9.18 Å². The number of nitrogens with one attached hydrogen (secondary N) is 1. The van der Waals surface area contributed by atoms with Crippen LogP contribution in [0.4, 0.5) is 10.1 Å². The molecule has 3 nitrogen and oxygen atoms in total. The van der Waals surface area contributed by atoms with Gasteiger partial charge < -0.3 is 5.32 Å². The monoisotopic (exact) mass is 286 g/mol. The van der Waals surface area contributed by atoms with Crippen LogP contribution in [0.2, 0.25) is 0 Å². The average Bonchev–Trinajstić information content (AvgIpc) is 2.78. The van der Waals surface area contributed by atoms with Crippen molar-refractivity contribution in [2.75, 3.05) is 5.32 Å². The normalized spacial score (nSPS) is 10.7. The zero-order chi connectivity index (χ0) is 14.1. The summed E-state index contributed by atoms with van der Waals surface area (Å²) in [4.78, 5) is 16.4. The van der Waals surface area contributed by atoms with Gasteiger partial charge in [-0.25, -0.2) is 9.37 Å². The maximum absolute atomic E-state index is 13.1. The lowest BCUT2D eigenvalue weighted by Gasteiger charge is -2.05. The third-order valence-corrected chi connectivity index (χ3v) is 3.79. The van der Waals surface area contributed by atoms with E-state index in [0.717, 1.165) is 15.2 Å². The molecular formula is C15H11FN2OS. The molecule has 0 saturated carbocycles. The number of amides is 1. The van der Waals surface area contributed by atoms with Crippen LogP contribution in [0.25, 0.3) is 10.2 Å². The highest BCUT2D eigenvalue weighted by atomic mass is 32.1. The van der Waals surface area contributed by atoms with Gasteiger partial charge in [-0.2, -0.15) is 0 Å². The molecule has 0 radical (unpaired) electrons. The van der Waals surface area contributed by atoms with Crippen molar-refractivity contribution >= 4 is 33.1 Å². The molecule has 1 aromatic heterocycles. The minimum atomic E-state index is -0.428. The molecule has 100 valence electrons. The van der Waals surface area contributed by atoms with E-state index in [1.807, 2.05) is 25.1 Å². The van der Waals surface area contributed by atoms with E-state index in [-0.39, 0.29) is 5.91 Å². The fourth-order valence-electron chi connectivity index (χ4n) is 1.95. The van der Waals surface area contributed by atoms with Gasteiger partial charge in [0.2, 0.25) is 0 Å². The Kier molecular flexibility index (Phi) is 3.20. The van der Waals surface area contributed by atoms with E-state index in [1.54, 1.807) is 17.4 Å². The number of carbonyl (C=O) groups is 1. The van der Waals surface area contributed by atoms with Crippen molar-refractivity contribution in [2.24, 2.45) is 0 Å². The van der Waals surface area contributed by atoms with Gasteiger partial charge in [0.25, 0.3) is 5.91 Å². The van der Waals surface area contributed by atoms with Crippen LogP contribution in [0.15, 0.2) is 42.5 Å². The fourth-order valence-corrected chi connectivity index (χ4v) is 2.76. The molecule has 0 unspecified atom stereocenters. The highest BCUT2D eigenvalue weighted by Gasteiger charge is 2.08. The number of halogens is 1. The minimum absolute atomic E-state index is 0.291. The molecule has 1 N–H and O–H groups in total. The Labute approximate surface area is 119 Å². The van der Waals surface area contributed by atoms with Gasteiger partial charge in [-0.15, -0.1) is 11.3 Å². The molecule has 0 aliphatic rings. The summed E-state index contributed by atoms with van der Waals surface area (Å²) in [5.41, 5.74) is 1.79. The number of thiazole rings is 1. The molecule has 0 aliphatic heterocycles. The maximum Gasteiger partial charge on any atom is 0.255 e. The first-order chi connectivity index (χ1) is 9.61. The predicted molar refractivity (Wildman–Crippen MR) is 78.7 cm³/mol. The van der Waals surface area contributed by atoms with Gasteiger partial charge in [-0.05, 0) is 43.3 Å². The maximum atomic E-state index is 13.1. The number of hydrogen-bond acceptors (Lipinski definition) is 3. The van der Waals surface area contributed by atoms with Crippen molar-refractivity contribution in [3.05, 3.63) is 58.9 Å². The third kappa shape index (κ3) is 2.53. The van der Waals surface area contributed by atoms with E-state index < -0.39 is 5.82 Å². The van der Waals surface area contributed by atoms with Gasteiger partial charge in [0.05, 0.1) is 15.2 Å². The van der Waals surface area contributed by atoms with E-state index in [2.05, 4.69) is 10.3 Å². The number of nitrogens with zero attached hydrogens (tertiary/aromatic N) is 1. The molecule has 0 saturated heterocycles. The van der Waals surface area contributed by atoms with Crippen LogP contribution in [0, 0.1) is 12.7 Å². The standard InChI is InChI=1S/C15H11FN2OS/c1-9-17-13-8-12(5-6-14(13)20-9)18-15(19)10-3-2-4-11(16)7-10/h2-8H,1H3,(H,18,19). The lowest BCUT2D eigenvalue weighted by atomic mass is 10.2. The molecule has 0 atom stereocenters. The Hall–Kier alpha value is -2.27. The third-order valence-electron chi connectivity index (χ3n) is 2.84. The molecule has 0 fully saturated rings. The first-order valence-corrected chi connectivity index (χ1v) is 6.87. The SMILES string of the molecule is Cc1nc2cc(NC(=O)c3cccc(F)c3)ccc2s1. The van der Waals surface area contributed by atoms with Crippen LogP contribution in [-0.2, 0) is 0 Å². The lowest BCUT2D eigenvalue weighted by Crippen LogP contribution is -2.11. The number of fused-ring (bicyclic) bond motifs is 1. The second-order valence-corrected chi connectivity index (χ2v) is 5.61. The van der Waals surface area contributed by atoms with Crippen LogP contribution < -0.4 is 5.32 Å². The second kappa shape index (κ2) is 5.02. The van der Waals surface area contributed by atoms with Gasteiger partial charge in [0.15, 0.2) is 0 Å². The summed E-state index contributed by atoms with van der Waals surface area (Å²) in [6.07, 6.45) is 0. The topological polar surface area (TPSA) is 42.0 Å². The second-order valence-electron chi connectivity index (χ2n) is 4.38. The van der Waals surface area contributed by atoms with Crippen molar-refractivity contribution in [3.8, 4) is 0 Å². The van der Waals surface area contributed by atoms with Crippen molar-refractivity contribution in [1.82, 2.24) is 4.98 Å². The molecule has 0 aliphatic carbocycles. The molecule has 0 spiro atoms. The summed E-state index contributed by atoms with van der Waals surface area (Å²) in [6, 6.07) is 11.2. The quantitative estimate of drug-likeness (QED) is 0.773. The van der Waals surface area contributed by atoms with Crippen LogP contribution >= 0.6 is 11.3 Å². The van der Waals surface area contributed by atoms with Gasteiger partial charge in [-0.1, -0.05) is 6.07 Å². The van der Waals surface area contributed by atoms with Crippen molar-refractivity contribution in [3.63, 3.8) is 0 Å².